The van der Waals surface area contributed by atoms with Gasteiger partial charge in [-0.2, -0.15) is 4.99 Å². The van der Waals surface area contributed by atoms with Crippen LogP contribution in [0.4, 0.5) is 0 Å². The van der Waals surface area contributed by atoms with Gasteiger partial charge in [-0.15, -0.1) is 0 Å². The minimum Gasteiger partial charge on any atom is -0.349 e. The van der Waals surface area contributed by atoms with Gasteiger partial charge in [0.25, 0.3) is 5.91 Å². The van der Waals surface area contributed by atoms with Gasteiger partial charge in [0.15, 0.2) is 15.0 Å². The van der Waals surface area contributed by atoms with E-state index in [2.05, 4.69) is 4.99 Å². The predicted octanol–water partition coefficient (Wildman–Crippen LogP) is 0.369. The van der Waals surface area contributed by atoms with E-state index in [1.54, 1.807) is 13.8 Å². The first-order valence-corrected chi connectivity index (χ1v) is 8.23. The first kappa shape index (κ1) is 12.9. The zero-order valence-electron chi connectivity index (χ0n) is 10.1. The molecule has 0 aromatic carbocycles. The number of nitrogens with zero attached hydrogens (tertiary/aromatic N) is 2. The molecule has 0 radical (unpaired) electrons. The Morgan fingerprint density at radius 1 is 1.47 bits per heavy atom. The average molecular weight is 276 g/mol. The highest BCUT2D eigenvalue weighted by Gasteiger charge is 2.47. The Bertz CT molecular complexity index is 470. The number of thioether (sulfide) groups is 1. The largest absolute Gasteiger partial charge is 0.349 e. The maximum Gasteiger partial charge on any atom is 0.250 e. The van der Waals surface area contributed by atoms with Crippen molar-refractivity contribution in [2.75, 3.05) is 18.6 Å². The Morgan fingerprint density at radius 2 is 2.12 bits per heavy atom. The van der Waals surface area contributed by atoms with Gasteiger partial charge in [-0.1, -0.05) is 25.6 Å². The zero-order valence-corrected chi connectivity index (χ0v) is 11.7. The maximum absolute atomic E-state index is 11.5. The third-order valence-corrected chi connectivity index (χ3v) is 6.33. The van der Waals surface area contributed by atoms with Crippen molar-refractivity contribution in [3.05, 3.63) is 0 Å². The summed E-state index contributed by atoms with van der Waals surface area (Å²) in [5.41, 5.74) is 0. The van der Waals surface area contributed by atoms with Crippen LogP contribution >= 0.6 is 11.8 Å². The molecule has 0 N–H and O–H groups in total. The second-order valence-electron chi connectivity index (χ2n) is 4.80. The molecule has 7 heteroatoms. The summed E-state index contributed by atoms with van der Waals surface area (Å²) in [6.07, 6.45) is 0. The first-order valence-electron chi connectivity index (χ1n) is 5.52. The zero-order chi connectivity index (χ0) is 12.8. The van der Waals surface area contributed by atoms with Crippen LogP contribution in [0.15, 0.2) is 4.99 Å². The van der Waals surface area contributed by atoms with E-state index in [1.165, 1.54) is 11.8 Å². The molecule has 0 spiro atoms. The molecule has 2 atom stereocenters. The van der Waals surface area contributed by atoms with Crippen LogP contribution in [0.25, 0.3) is 0 Å². The van der Waals surface area contributed by atoms with Gasteiger partial charge in [0.1, 0.15) is 0 Å². The lowest BCUT2D eigenvalue weighted by molar-refractivity contribution is -0.120. The van der Waals surface area contributed by atoms with E-state index in [4.69, 9.17) is 0 Å². The van der Waals surface area contributed by atoms with Crippen molar-refractivity contribution in [2.24, 2.45) is 10.9 Å². The SMILES string of the molecule is CC(C)C(=O)N=C1SC2CS(=O)(=O)CC2N1C. The Hall–Kier alpha value is -0.560. The maximum atomic E-state index is 11.5. The third kappa shape index (κ3) is 2.49. The summed E-state index contributed by atoms with van der Waals surface area (Å²) in [5, 5.41) is 0.692. The molecule has 0 bridgehead atoms. The fraction of sp³-hybridized carbons (Fsp3) is 0.800. The highest BCUT2D eigenvalue weighted by molar-refractivity contribution is 8.15. The molecule has 2 saturated heterocycles. The van der Waals surface area contributed by atoms with Gasteiger partial charge < -0.3 is 4.90 Å². The molecule has 0 saturated carbocycles. The number of amidine groups is 1. The lowest BCUT2D eigenvalue weighted by Gasteiger charge is -2.18. The first-order chi connectivity index (χ1) is 7.80. The number of amides is 1. The standard InChI is InChI=1S/C10H16N2O3S2/c1-6(2)9(13)11-10-12(3)7-4-17(14,15)5-8(7)16-10/h6-8H,4-5H2,1-3H3. The van der Waals surface area contributed by atoms with E-state index < -0.39 is 9.84 Å². The summed E-state index contributed by atoms with van der Waals surface area (Å²) in [6, 6.07) is -0.0243. The van der Waals surface area contributed by atoms with Gasteiger partial charge >= 0.3 is 0 Å². The molecule has 2 aliphatic heterocycles. The summed E-state index contributed by atoms with van der Waals surface area (Å²) in [5.74, 6) is 0.0975. The third-order valence-electron chi connectivity index (χ3n) is 3.03. The Morgan fingerprint density at radius 3 is 2.65 bits per heavy atom. The van der Waals surface area contributed by atoms with Crippen molar-refractivity contribution in [1.29, 1.82) is 0 Å². The molecule has 1 amide bonds. The van der Waals surface area contributed by atoms with Crippen molar-refractivity contribution >= 4 is 32.7 Å². The number of carbonyl (C=O) groups excluding carboxylic acids is 1. The van der Waals surface area contributed by atoms with Gasteiger partial charge in [-0.3, -0.25) is 4.79 Å². The average Bonchev–Trinajstić information content (AvgIpc) is 2.62. The fourth-order valence-electron chi connectivity index (χ4n) is 1.96. The number of fused-ring (bicyclic) bond motifs is 1. The number of carbonyl (C=O) groups is 1. The van der Waals surface area contributed by atoms with Gasteiger partial charge in [0.05, 0.1) is 17.5 Å². The van der Waals surface area contributed by atoms with E-state index in [0.717, 1.165) is 0 Å². The molecule has 2 fully saturated rings. The van der Waals surface area contributed by atoms with E-state index >= 15 is 0 Å². The van der Waals surface area contributed by atoms with Crippen molar-refractivity contribution < 1.29 is 13.2 Å². The van der Waals surface area contributed by atoms with Crippen LogP contribution < -0.4 is 0 Å². The van der Waals surface area contributed by atoms with E-state index in [9.17, 15) is 13.2 Å². The van der Waals surface area contributed by atoms with Crippen LogP contribution in [0.1, 0.15) is 13.8 Å². The molecule has 17 heavy (non-hydrogen) atoms. The van der Waals surface area contributed by atoms with Crippen molar-refractivity contribution in [1.82, 2.24) is 4.90 Å². The predicted molar refractivity (Wildman–Crippen MR) is 68.9 cm³/mol. The van der Waals surface area contributed by atoms with Crippen molar-refractivity contribution in [2.45, 2.75) is 25.1 Å². The number of aliphatic imine (C=N–C) groups is 1. The number of rotatable bonds is 1. The van der Waals surface area contributed by atoms with Gasteiger partial charge in [0.2, 0.25) is 0 Å². The van der Waals surface area contributed by atoms with E-state index in [1.807, 2.05) is 11.9 Å². The molecule has 0 aliphatic carbocycles. The van der Waals surface area contributed by atoms with Crippen LogP contribution in [-0.4, -0.2) is 54.2 Å². The Labute approximate surface area is 106 Å². The molecule has 2 heterocycles. The number of sulfone groups is 1. The molecule has 5 nitrogen and oxygen atoms in total. The molecule has 0 aromatic rings. The molecule has 2 rings (SSSR count). The van der Waals surface area contributed by atoms with Crippen molar-refractivity contribution in [3.8, 4) is 0 Å². The lowest BCUT2D eigenvalue weighted by Crippen LogP contribution is -2.34. The summed E-state index contributed by atoms with van der Waals surface area (Å²) in [6.45, 7) is 3.61. The molecular formula is C10H16N2O3S2. The number of hydrogen-bond acceptors (Lipinski definition) is 4. The Kier molecular flexibility index (Phi) is 3.24. The second-order valence-corrected chi connectivity index (χ2v) is 8.16. The van der Waals surface area contributed by atoms with Crippen LogP contribution in [0.3, 0.4) is 0 Å². The normalized spacial score (nSPS) is 33.4. The molecule has 0 aromatic heterocycles. The quantitative estimate of drug-likeness (QED) is 0.692. The minimum atomic E-state index is -2.91. The van der Waals surface area contributed by atoms with Crippen LogP contribution in [0.5, 0.6) is 0 Å². The van der Waals surface area contributed by atoms with Crippen LogP contribution in [-0.2, 0) is 14.6 Å². The lowest BCUT2D eigenvalue weighted by atomic mass is 10.2. The fourth-order valence-corrected chi connectivity index (χ4v) is 5.96. The number of hydrogen-bond donors (Lipinski definition) is 0. The van der Waals surface area contributed by atoms with Crippen LogP contribution in [0.2, 0.25) is 0 Å². The topological polar surface area (TPSA) is 66.8 Å². The van der Waals surface area contributed by atoms with Gasteiger partial charge in [0, 0.05) is 18.2 Å². The smallest absolute Gasteiger partial charge is 0.250 e. The molecule has 2 aliphatic rings. The van der Waals surface area contributed by atoms with E-state index in [-0.39, 0.29) is 34.6 Å². The van der Waals surface area contributed by atoms with Gasteiger partial charge in [-0.25, -0.2) is 8.42 Å². The Balaban J connectivity index is 2.16. The molecule has 2 unspecified atom stereocenters. The summed E-state index contributed by atoms with van der Waals surface area (Å²) >= 11 is 1.41. The summed E-state index contributed by atoms with van der Waals surface area (Å²) < 4.78 is 23.0. The highest BCUT2D eigenvalue weighted by atomic mass is 32.2. The van der Waals surface area contributed by atoms with E-state index in [0.29, 0.717) is 5.17 Å². The molecule has 96 valence electrons. The molecular weight excluding hydrogens is 260 g/mol. The second kappa shape index (κ2) is 4.28. The van der Waals surface area contributed by atoms with Crippen LogP contribution in [0, 0.1) is 5.92 Å². The van der Waals surface area contributed by atoms with Crippen molar-refractivity contribution in [3.63, 3.8) is 0 Å². The van der Waals surface area contributed by atoms with Gasteiger partial charge in [-0.05, 0) is 0 Å². The monoisotopic (exact) mass is 276 g/mol. The summed E-state index contributed by atoms with van der Waals surface area (Å²) in [4.78, 5) is 17.4. The minimum absolute atomic E-state index is 0.0243. The highest BCUT2D eigenvalue weighted by Crippen LogP contribution is 2.37. The summed E-state index contributed by atoms with van der Waals surface area (Å²) in [7, 11) is -1.10.